The zero-order valence-electron chi connectivity index (χ0n) is 8.79. The van der Waals surface area contributed by atoms with E-state index in [1.807, 2.05) is 0 Å². The highest BCUT2D eigenvalue weighted by Crippen LogP contribution is 2.39. The van der Waals surface area contributed by atoms with Crippen molar-refractivity contribution >= 4 is 59.0 Å². The second-order valence-corrected chi connectivity index (χ2v) is 5.59. The van der Waals surface area contributed by atoms with Gasteiger partial charge in [0.05, 0.1) is 15.7 Å². The summed E-state index contributed by atoms with van der Waals surface area (Å²) in [4.78, 5) is 13.5. The van der Waals surface area contributed by atoms with Gasteiger partial charge in [-0.05, 0) is 23.8 Å². The van der Waals surface area contributed by atoms with Crippen LogP contribution >= 0.6 is 47.4 Å². The predicted molar refractivity (Wildman–Crippen MR) is 75.8 cm³/mol. The van der Waals surface area contributed by atoms with Crippen LogP contribution in [0.1, 0.15) is 6.42 Å². The molecule has 1 aromatic rings. The van der Waals surface area contributed by atoms with E-state index < -0.39 is 0 Å². The average Bonchev–Trinajstić information content (AvgIpc) is 2.59. The smallest absolute Gasteiger partial charge is 0.227 e. The fourth-order valence-corrected chi connectivity index (χ4v) is 3.18. The molecular formula is C11H10Cl3NOS. The van der Waals surface area contributed by atoms with Gasteiger partial charge in [0.2, 0.25) is 5.91 Å². The first-order valence-electron chi connectivity index (χ1n) is 5.08. The lowest BCUT2D eigenvalue weighted by atomic mass is 10.1. The second-order valence-electron chi connectivity index (χ2n) is 3.98. The van der Waals surface area contributed by atoms with Gasteiger partial charge in [-0.25, -0.2) is 0 Å². The van der Waals surface area contributed by atoms with Crippen LogP contribution in [-0.2, 0) is 4.79 Å². The topological polar surface area (TPSA) is 20.3 Å². The van der Waals surface area contributed by atoms with E-state index in [4.69, 9.17) is 34.8 Å². The normalized spacial score (nSPS) is 20.1. The van der Waals surface area contributed by atoms with Gasteiger partial charge >= 0.3 is 0 Å². The number of rotatable bonds is 2. The van der Waals surface area contributed by atoms with Crippen molar-refractivity contribution in [2.45, 2.75) is 6.42 Å². The summed E-state index contributed by atoms with van der Waals surface area (Å²) in [5.74, 6) is 0.939. The maximum atomic E-state index is 11.9. The fourth-order valence-electron chi connectivity index (χ4n) is 1.91. The van der Waals surface area contributed by atoms with Crippen LogP contribution in [0.4, 0.5) is 5.69 Å². The molecule has 1 saturated heterocycles. The SMILES string of the molecule is O=C1CC(CS)CN1c1c(Cl)cc(Cl)cc1Cl. The zero-order chi connectivity index (χ0) is 12.6. The van der Waals surface area contributed by atoms with Gasteiger partial charge in [0.15, 0.2) is 0 Å². The number of carbonyl (C=O) groups excluding carboxylic acids is 1. The van der Waals surface area contributed by atoms with Gasteiger partial charge in [0, 0.05) is 18.0 Å². The molecule has 6 heteroatoms. The molecule has 1 atom stereocenters. The van der Waals surface area contributed by atoms with E-state index in [9.17, 15) is 4.79 Å². The number of hydrogen-bond acceptors (Lipinski definition) is 2. The van der Waals surface area contributed by atoms with Crippen LogP contribution in [0.3, 0.4) is 0 Å². The van der Waals surface area contributed by atoms with Crippen molar-refractivity contribution in [3.63, 3.8) is 0 Å². The Morgan fingerprint density at radius 2 is 1.88 bits per heavy atom. The summed E-state index contributed by atoms with van der Waals surface area (Å²) < 4.78 is 0. The van der Waals surface area contributed by atoms with Crippen molar-refractivity contribution in [1.82, 2.24) is 0 Å². The number of nitrogens with zero attached hydrogens (tertiary/aromatic N) is 1. The number of carbonyl (C=O) groups is 1. The Hall–Kier alpha value is -0.0900. The number of hydrogen-bond donors (Lipinski definition) is 1. The molecule has 0 aromatic heterocycles. The van der Waals surface area contributed by atoms with Crippen LogP contribution < -0.4 is 4.90 Å². The van der Waals surface area contributed by atoms with Crippen LogP contribution in [0.5, 0.6) is 0 Å². The van der Waals surface area contributed by atoms with Crippen LogP contribution in [0.15, 0.2) is 12.1 Å². The minimum Gasteiger partial charge on any atom is -0.309 e. The Bertz CT molecular complexity index is 443. The van der Waals surface area contributed by atoms with Crippen LogP contribution in [-0.4, -0.2) is 18.2 Å². The quantitative estimate of drug-likeness (QED) is 0.821. The first-order valence-corrected chi connectivity index (χ1v) is 6.85. The van der Waals surface area contributed by atoms with Crippen molar-refractivity contribution in [2.75, 3.05) is 17.2 Å². The minimum absolute atomic E-state index is 0.0233. The Balaban J connectivity index is 2.38. The van der Waals surface area contributed by atoms with Gasteiger partial charge < -0.3 is 4.90 Å². The maximum Gasteiger partial charge on any atom is 0.227 e. The molecule has 1 heterocycles. The third kappa shape index (κ3) is 2.68. The molecule has 1 aromatic carbocycles. The molecule has 0 bridgehead atoms. The lowest BCUT2D eigenvalue weighted by molar-refractivity contribution is -0.117. The summed E-state index contributed by atoms with van der Waals surface area (Å²) in [6, 6.07) is 3.18. The van der Waals surface area contributed by atoms with E-state index in [0.29, 0.717) is 39.5 Å². The summed E-state index contributed by atoms with van der Waals surface area (Å²) >= 11 is 22.2. The van der Waals surface area contributed by atoms with Crippen molar-refractivity contribution in [3.8, 4) is 0 Å². The molecule has 17 heavy (non-hydrogen) atoms. The van der Waals surface area contributed by atoms with E-state index in [-0.39, 0.29) is 11.8 Å². The minimum atomic E-state index is 0.0233. The van der Waals surface area contributed by atoms with Gasteiger partial charge in [-0.15, -0.1) is 0 Å². The van der Waals surface area contributed by atoms with Crippen LogP contribution in [0.2, 0.25) is 15.1 Å². The molecule has 0 spiro atoms. The highest BCUT2D eigenvalue weighted by Gasteiger charge is 2.32. The summed E-state index contributed by atoms with van der Waals surface area (Å²) in [7, 11) is 0. The number of thiol groups is 1. The lowest BCUT2D eigenvalue weighted by Crippen LogP contribution is -2.25. The Morgan fingerprint density at radius 3 is 2.35 bits per heavy atom. The number of halogens is 3. The van der Waals surface area contributed by atoms with Crippen LogP contribution in [0, 0.1) is 5.92 Å². The molecule has 0 radical (unpaired) electrons. The van der Waals surface area contributed by atoms with E-state index >= 15 is 0 Å². The van der Waals surface area contributed by atoms with E-state index in [2.05, 4.69) is 12.6 Å². The highest BCUT2D eigenvalue weighted by atomic mass is 35.5. The van der Waals surface area contributed by atoms with Gasteiger partial charge in [-0.1, -0.05) is 34.8 Å². The number of anilines is 1. The summed E-state index contributed by atoms with van der Waals surface area (Å²) in [6.45, 7) is 0.601. The Morgan fingerprint density at radius 1 is 1.29 bits per heavy atom. The largest absolute Gasteiger partial charge is 0.309 e. The molecule has 1 fully saturated rings. The first kappa shape index (κ1) is 13.3. The molecule has 2 rings (SSSR count). The van der Waals surface area contributed by atoms with Gasteiger partial charge in [0.1, 0.15) is 0 Å². The van der Waals surface area contributed by atoms with Crippen molar-refractivity contribution in [1.29, 1.82) is 0 Å². The molecule has 0 saturated carbocycles. The molecule has 0 N–H and O–H groups in total. The molecule has 92 valence electrons. The molecule has 2 nitrogen and oxygen atoms in total. The highest BCUT2D eigenvalue weighted by molar-refractivity contribution is 7.80. The standard InChI is InChI=1S/C11H10Cl3NOS/c12-7-2-8(13)11(9(14)3-7)15-4-6(5-17)1-10(15)16/h2-3,6,17H,1,4-5H2. The van der Waals surface area contributed by atoms with E-state index in [1.165, 1.54) is 0 Å². The summed E-state index contributed by atoms with van der Waals surface area (Å²) in [6.07, 6.45) is 0.485. The molecule has 1 unspecified atom stereocenters. The van der Waals surface area contributed by atoms with E-state index in [0.717, 1.165) is 0 Å². The monoisotopic (exact) mass is 309 g/mol. The predicted octanol–water partition coefficient (Wildman–Crippen LogP) is 3.93. The van der Waals surface area contributed by atoms with Gasteiger partial charge in [-0.2, -0.15) is 12.6 Å². The van der Waals surface area contributed by atoms with Gasteiger partial charge in [-0.3, -0.25) is 4.79 Å². The van der Waals surface area contributed by atoms with Crippen LogP contribution in [0.25, 0.3) is 0 Å². The van der Waals surface area contributed by atoms with Crippen molar-refractivity contribution in [2.24, 2.45) is 5.92 Å². The second kappa shape index (κ2) is 5.27. The fraction of sp³-hybridized carbons (Fsp3) is 0.364. The average molecular weight is 311 g/mol. The Kier molecular flexibility index (Phi) is 4.14. The maximum absolute atomic E-state index is 11.9. The molecule has 1 aliphatic rings. The molecule has 1 aliphatic heterocycles. The number of amides is 1. The van der Waals surface area contributed by atoms with Crippen molar-refractivity contribution < 1.29 is 4.79 Å². The first-order chi connectivity index (χ1) is 8.02. The molecule has 1 amide bonds. The third-order valence-corrected chi connectivity index (χ3v) is 4.03. The van der Waals surface area contributed by atoms with Gasteiger partial charge in [0.25, 0.3) is 0 Å². The zero-order valence-corrected chi connectivity index (χ0v) is 12.0. The third-order valence-electron chi connectivity index (χ3n) is 2.71. The summed E-state index contributed by atoms with van der Waals surface area (Å²) in [5, 5.41) is 1.26. The lowest BCUT2D eigenvalue weighted by Gasteiger charge is -2.19. The Labute approximate surface area is 120 Å². The molecular weight excluding hydrogens is 301 g/mol. The molecule has 0 aliphatic carbocycles. The van der Waals surface area contributed by atoms with Crippen molar-refractivity contribution in [3.05, 3.63) is 27.2 Å². The number of benzene rings is 1. The summed E-state index contributed by atoms with van der Waals surface area (Å²) in [5.41, 5.74) is 0.548. The van der Waals surface area contributed by atoms with E-state index in [1.54, 1.807) is 17.0 Å².